The van der Waals surface area contributed by atoms with Crippen LogP contribution in [0.3, 0.4) is 0 Å². The summed E-state index contributed by atoms with van der Waals surface area (Å²) in [6.07, 6.45) is 9.89. The molecule has 138 valence electrons. The maximum absolute atomic E-state index is 12.2. The third kappa shape index (κ3) is 2.17. The van der Waals surface area contributed by atoms with Gasteiger partial charge in [-0.1, -0.05) is 37.1 Å². The second kappa shape index (κ2) is 5.45. The summed E-state index contributed by atoms with van der Waals surface area (Å²) in [7, 11) is 0. The van der Waals surface area contributed by atoms with Gasteiger partial charge in [0.2, 0.25) is 0 Å². The van der Waals surface area contributed by atoms with Gasteiger partial charge in [0.1, 0.15) is 0 Å². The van der Waals surface area contributed by atoms with Crippen molar-refractivity contribution in [1.82, 2.24) is 0 Å². The van der Waals surface area contributed by atoms with E-state index in [1.54, 1.807) is 0 Å². The molecule has 25 heavy (non-hydrogen) atoms. The first-order chi connectivity index (χ1) is 11.8. The molecule has 0 radical (unpaired) electrons. The molecule has 3 fully saturated rings. The molecule has 4 rings (SSSR count). The summed E-state index contributed by atoms with van der Waals surface area (Å²) in [5, 5.41) is 10.00. The van der Waals surface area contributed by atoms with Gasteiger partial charge in [0, 0.05) is 12.5 Å². The van der Waals surface area contributed by atoms with Crippen molar-refractivity contribution < 1.29 is 14.6 Å². The molecule has 3 saturated carbocycles. The Bertz CT molecular complexity index is 650. The van der Waals surface area contributed by atoms with Gasteiger partial charge in [-0.3, -0.25) is 4.79 Å². The number of fused-ring (bicyclic) bond motifs is 3. The van der Waals surface area contributed by atoms with Crippen molar-refractivity contribution in [2.24, 2.45) is 28.1 Å². The van der Waals surface area contributed by atoms with Crippen LogP contribution in [-0.2, 0) is 9.53 Å². The fourth-order valence-corrected chi connectivity index (χ4v) is 7.20. The molecule has 0 aliphatic heterocycles. The summed E-state index contributed by atoms with van der Waals surface area (Å²) in [5.41, 5.74) is 2.51. The minimum absolute atomic E-state index is 0.00538. The van der Waals surface area contributed by atoms with Crippen molar-refractivity contribution in [3.8, 4) is 0 Å². The van der Waals surface area contributed by atoms with Gasteiger partial charge in [-0.25, -0.2) is 0 Å². The average Bonchev–Trinajstić information content (AvgIpc) is 2.81. The molecular weight excluding hydrogens is 312 g/mol. The fraction of sp³-hybridized carbons (Fsp3) is 0.773. The zero-order valence-corrected chi connectivity index (χ0v) is 15.9. The number of ether oxygens (including phenoxy) is 1. The maximum atomic E-state index is 12.2. The topological polar surface area (TPSA) is 46.5 Å². The lowest BCUT2D eigenvalue weighted by molar-refractivity contribution is -0.161. The molecule has 4 aliphatic carbocycles. The molecule has 0 aromatic carbocycles. The highest BCUT2D eigenvalue weighted by molar-refractivity contribution is 5.75. The summed E-state index contributed by atoms with van der Waals surface area (Å²) >= 11 is 0. The predicted octanol–water partition coefficient (Wildman–Crippen LogP) is 4.98. The molecule has 3 nitrogen and oxygen atoms in total. The van der Waals surface area contributed by atoms with Gasteiger partial charge in [0.15, 0.2) is 0 Å². The highest BCUT2D eigenvalue weighted by atomic mass is 16.5. The van der Waals surface area contributed by atoms with Gasteiger partial charge < -0.3 is 9.84 Å². The summed E-state index contributed by atoms with van der Waals surface area (Å²) in [6, 6.07) is 0. The van der Waals surface area contributed by atoms with Crippen LogP contribution in [0.4, 0.5) is 0 Å². The minimum atomic E-state index is -0.606. The van der Waals surface area contributed by atoms with Gasteiger partial charge in [0.05, 0.1) is 11.5 Å². The van der Waals surface area contributed by atoms with Crippen molar-refractivity contribution >= 4 is 5.97 Å². The van der Waals surface area contributed by atoms with Crippen molar-refractivity contribution in [1.29, 1.82) is 0 Å². The Kier molecular flexibility index (Phi) is 3.78. The van der Waals surface area contributed by atoms with E-state index < -0.39 is 11.4 Å². The van der Waals surface area contributed by atoms with Gasteiger partial charge in [-0.15, -0.1) is 0 Å². The lowest BCUT2D eigenvalue weighted by Crippen LogP contribution is -2.55. The van der Waals surface area contributed by atoms with Gasteiger partial charge in [0.25, 0.3) is 0 Å². The first-order valence-corrected chi connectivity index (χ1v) is 10.0. The lowest BCUT2D eigenvalue weighted by atomic mass is 9.44. The number of allylic oxidation sites excluding steroid dienone is 1. The van der Waals surface area contributed by atoms with Crippen LogP contribution >= 0.6 is 0 Å². The first-order valence-electron chi connectivity index (χ1n) is 10.0. The van der Waals surface area contributed by atoms with E-state index in [4.69, 9.17) is 4.74 Å². The third-order valence-electron chi connectivity index (χ3n) is 8.30. The molecule has 2 bridgehead atoms. The standard InChI is InChI=1S/C22H32O3/c1-5-25-16-11-18-20(3)8-6-9-21(4,19(23)24)17(20)7-10-22(18)12-14(2)15(16)13-22/h11,15-17H,2,5-10,12-13H2,1,3-4H3,(H,23,24)/t15-,16+,17-,20+,21+,22-/m0/s1. The molecule has 4 aliphatic rings. The summed E-state index contributed by atoms with van der Waals surface area (Å²) < 4.78 is 6.10. The zero-order chi connectivity index (χ0) is 18.0. The molecular formula is C22H32O3. The van der Waals surface area contributed by atoms with Crippen molar-refractivity contribution in [3.05, 3.63) is 23.8 Å². The maximum Gasteiger partial charge on any atom is 0.309 e. The van der Waals surface area contributed by atoms with Crippen molar-refractivity contribution in [2.75, 3.05) is 6.61 Å². The molecule has 0 heterocycles. The van der Waals surface area contributed by atoms with Crippen molar-refractivity contribution in [2.45, 2.75) is 71.8 Å². The molecule has 0 aromatic heterocycles. The second-order valence-corrected chi connectivity index (χ2v) is 9.51. The fourth-order valence-electron chi connectivity index (χ4n) is 7.20. The van der Waals surface area contributed by atoms with E-state index >= 15 is 0 Å². The van der Waals surface area contributed by atoms with Crippen LogP contribution in [0.25, 0.3) is 0 Å². The molecule has 1 spiro atoms. The largest absolute Gasteiger partial charge is 0.481 e. The van der Waals surface area contributed by atoms with Crippen LogP contribution in [-0.4, -0.2) is 23.8 Å². The van der Waals surface area contributed by atoms with E-state index in [2.05, 4.69) is 26.5 Å². The highest BCUT2D eigenvalue weighted by Crippen LogP contribution is 2.70. The van der Waals surface area contributed by atoms with E-state index in [1.807, 2.05) is 6.92 Å². The van der Waals surface area contributed by atoms with Crippen molar-refractivity contribution in [3.63, 3.8) is 0 Å². The number of rotatable bonds is 3. The lowest BCUT2D eigenvalue weighted by Gasteiger charge is -2.60. The number of hydrogen-bond donors (Lipinski definition) is 1. The van der Waals surface area contributed by atoms with Crippen LogP contribution in [0.15, 0.2) is 23.8 Å². The van der Waals surface area contributed by atoms with Gasteiger partial charge in [-0.05, 0) is 69.1 Å². The Balaban J connectivity index is 1.81. The monoisotopic (exact) mass is 344 g/mol. The minimum Gasteiger partial charge on any atom is -0.481 e. The molecule has 0 unspecified atom stereocenters. The number of carboxylic acid groups (broad SMARTS) is 1. The molecule has 0 aromatic rings. The Morgan fingerprint density at radius 3 is 2.80 bits per heavy atom. The quantitative estimate of drug-likeness (QED) is 0.735. The Labute approximate surface area is 151 Å². The van der Waals surface area contributed by atoms with Crippen LogP contribution in [0.2, 0.25) is 0 Å². The zero-order valence-electron chi connectivity index (χ0n) is 15.9. The summed E-state index contributed by atoms with van der Waals surface area (Å²) in [4.78, 5) is 12.2. The summed E-state index contributed by atoms with van der Waals surface area (Å²) in [6.45, 7) is 11.5. The Hall–Kier alpha value is -1.09. The number of carbonyl (C=O) groups is 1. The van der Waals surface area contributed by atoms with E-state index in [-0.39, 0.29) is 22.9 Å². The second-order valence-electron chi connectivity index (χ2n) is 9.51. The van der Waals surface area contributed by atoms with Crippen LogP contribution in [0, 0.1) is 28.1 Å². The van der Waals surface area contributed by atoms with E-state index in [0.29, 0.717) is 5.92 Å². The molecule has 1 N–H and O–H groups in total. The Morgan fingerprint density at radius 1 is 1.36 bits per heavy atom. The Morgan fingerprint density at radius 2 is 2.12 bits per heavy atom. The smallest absolute Gasteiger partial charge is 0.309 e. The first kappa shape index (κ1) is 17.3. The van der Waals surface area contributed by atoms with Crippen LogP contribution in [0.5, 0.6) is 0 Å². The average molecular weight is 344 g/mol. The molecule has 0 saturated heterocycles. The summed E-state index contributed by atoms with van der Waals surface area (Å²) in [5.74, 6) is 0.0833. The number of aliphatic carboxylic acids is 1. The van der Waals surface area contributed by atoms with E-state index in [0.717, 1.165) is 51.6 Å². The molecule has 3 heteroatoms. The van der Waals surface area contributed by atoms with Crippen LogP contribution < -0.4 is 0 Å². The van der Waals surface area contributed by atoms with E-state index in [1.165, 1.54) is 11.1 Å². The SMILES string of the molecule is C=C1C[C@]23CC[C@@H]4[C@](C)(C(=O)O)CCC[C@@]4(C)C2=C[C@@H](OCC)[C@H]1C3. The third-order valence-corrected chi connectivity index (χ3v) is 8.30. The van der Waals surface area contributed by atoms with Gasteiger partial charge in [-0.2, -0.15) is 0 Å². The van der Waals surface area contributed by atoms with Gasteiger partial charge >= 0.3 is 5.97 Å². The normalized spacial score (nSPS) is 48.5. The van der Waals surface area contributed by atoms with E-state index in [9.17, 15) is 9.90 Å². The predicted molar refractivity (Wildman–Crippen MR) is 98.2 cm³/mol. The number of hydrogen-bond acceptors (Lipinski definition) is 2. The number of carboxylic acids is 1. The molecule has 0 amide bonds. The van der Waals surface area contributed by atoms with Crippen LogP contribution in [0.1, 0.15) is 65.7 Å². The molecule has 6 atom stereocenters. The highest BCUT2D eigenvalue weighted by Gasteiger charge is 2.63.